The van der Waals surface area contributed by atoms with Crippen LogP contribution in [0.15, 0.2) is 484 Å². The topological polar surface area (TPSA) is 129 Å². The first-order chi connectivity index (χ1) is 67.8. The van der Waals surface area contributed by atoms with Crippen molar-refractivity contribution in [3.63, 3.8) is 0 Å². The van der Waals surface area contributed by atoms with E-state index in [1.54, 1.807) is 0 Å². The van der Waals surface area contributed by atoms with Crippen LogP contribution in [0, 0.1) is 0 Å². The van der Waals surface area contributed by atoms with Crippen LogP contribution in [0.4, 0.5) is 0 Å². The lowest BCUT2D eigenvalue weighted by Gasteiger charge is -2.12. The molecule has 0 saturated heterocycles. The van der Waals surface area contributed by atoms with E-state index >= 15 is 0 Å². The standard InChI is InChI=1S/C45H27N3O.C43H27N3.C39H25N3/c1-3-11-28(12-4-1)39-26-33(27-41-42(39)37-17-9-10-18-40(37)49-41)45-47-43(31-14-5-2-6-15-31)46-44(48-45)32-20-19-30-22-23-35-34-16-8-7-13-29(34)21-24-36(35)38(30)25-32;1-2-11-31(12-3-1)41-44-42(46-43(45-41)36-20-17-28-9-4-5-13-32(28)25-36)35-15-8-14-33(26-35)34-19-18-30-22-23-38-37-16-7-6-10-29(37)21-24-39(38)40(30)27-34;1-3-11-28(12-4-1)37-40-38(29-13-5-2-6-14-29)42-39(41-37)32-16-9-15-30(24-32)31-19-18-27-21-22-34-33-17-8-7-10-26(33)20-23-35(34)36(27)25-31/h1-27H;1-27H;1-25H. The zero-order valence-corrected chi connectivity index (χ0v) is 74.0. The molecule has 0 saturated carbocycles. The second kappa shape index (κ2) is 34.7. The molecule has 0 bridgehead atoms. The van der Waals surface area contributed by atoms with Crippen LogP contribution in [0.2, 0.25) is 0 Å². The summed E-state index contributed by atoms with van der Waals surface area (Å²) in [5.74, 6) is 5.77. The van der Waals surface area contributed by atoms with E-state index < -0.39 is 0 Å². The molecule has 0 aliphatic rings. The summed E-state index contributed by atoms with van der Waals surface area (Å²) in [5, 5.41) is 26.9. The van der Waals surface area contributed by atoms with Crippen molar-refractivity contribution in [1.29, 1.82) is 0 Å². The molecular weight excluding hydrogens is 1670 g/mol. The molecule has 0 unspecified atom stereocenters. The van der Waals surface area contributed by atoms with Crippen molar-refractivity contribution in [3.8, 4) is 136 Å². The minimum atomic E-state index is 0.590. The van der Waals surface area contributed by atoms with E-state index in [4.69, 9.17) is 49.3 Å². The van der Waals surface area contributed by atoms with Gasteiger partial charge >= 0.3 is 0 Å². The first-order valence-electron chi connectivity index (χ1n) is 46.1. The van der Waals surface area contributed by atoms with Crippen molar-refractivity contribution in [2.75, 3.05) is 0 Å². The van der Waals surface area contributed by atoms with Gasteiger partial charge in [-0.25, -0.2) is 44.9 Å². The molecule has 0 atom stereocenters. The Morgan fingerprint density at radius 1 is 0.117 bits per heavy atom. The number of para-hydroxylation sites is 1. The average Bonchev–Trinajstić information content (AvgIpc) is 1.63. The summed E-state index contributed by atoms with van der Waals surface area (Å²) >= 11 is 0. The highest BCUT2D eigenvalue weighted by atomic mass is 16.3. The predicted molar refractivity (Wildman–Crippen MR) is 567 cm³/mol. The van der Waals surface area contributed by atoms with Crippen molar-refractivity contribution >= 4 is 130 Å². The van der Waals surface area contributed by atoms with Crippen LogP contribution in [0.3, 0.4) is 0 Å². The van der Waals surface area contributed by atoms with E-state index in [2.05, 4.69) is 340 Å². The van der Waals surface area contributed by atoms with Gasteiger partial charge in [-0.3, -0.25) is 0 Å². The molecule has 4 aromatic heterocycles. The molecule has 0 amide bonds. The van der Waals surface area contributed by atoms with Gasteiger partial charge in [0.1, 0.15) is 11.2 Å². The summed E-state index contributed by atoms with van der Waals surface area (Å²) in [6, 6.07) is 168. The molecule has 0 aliphatic carbocycles. The summed E-state index contributed by atoms with van der Waals surface area (Å²) in [4.78, 5) is 45.0. The van der Waals surface area contributed by atoms with Crippen LogP contribution in [-0.4, -0.2) is 44.9 Å². The van der Waals surface area contributed by atoms with Crippen molar-refractivity contribution in [3.05, 3.63) is 479 Å². The Morgan fingerprint density at radius 2 is 0.365 bits per heavy atom. The molecule has 23 aromatic carbocycles. The number of furan rings is 1. The normalized spacial score (nSPS) is 11.5. The molecule has 638 valence electrons. The van der Waals surface area contributed by atoms with Gasteiger partial charge in [-0.2, -0.15) is 0 Å². The zero-order valence-electron chi connectivity index (χ0n) is 74.0. The van der Waals surface area contributed by atoms with E-state index in [-0.39, 0.29) is 0 Å². The maximum atomic E-state index is 6.45. The maximum Gasteiger partial charge on any atom is 0.164 e. The molecule has 10 heteroatoms. The molecule has 27 rings (SSSR count). The molecule has 0 spiro atoms. The second-order valence-electron chi connectivity index (χ2n) is 34.6. The van der Waals surface area contributed by atoms with Gasteiger partial charge in [0.2, 0.25) is 0 Å². The van der Waals surface area contributed by atoms with Gasteiger partial charge in [-0.15, -0.1) is 0 Å². The Balaban J connectivity index is 0.000000109. The maximum absolute atomic E-state index is 6.45. The third-order valence-electron chi connectivity index (χ3n) is 26.3. The predicted octanol–water partition coefficient (Wildman–Crippen LogP) is 33.1. The Kier molecular flexibility index (Phi) is 20.4. The van der Waals surface area contributed by atoms with E-state index in [1.165, 1.54) is 102 Å². The average molecular weight is 1750 g/mol. The number of aromatic nitrogens is 9. The Hall–Kier alpha value is -18.5. The van der Waals surface area contributed by atoms with Gasteiger partial charge in [0.05, 0.1) is 0 Å². The van der Waals surface area contributed by atoms with E-state index in [9.17, 15) is 0 Å². The smallest absolute Gasteiger partial charge is 0.164 e. The molecule has 10 nitrogen and oxygen atoms in total. The number of benzene rings is 23. The molecule has 0 fully saturated rings. The molecular formula is C127H79N9O. The summed E-state index contributed by atoms with van der Waals surface area (Å²) in [6.07, 6.45) is 0. The fraction of sp³-hybridized carbons (Fsp3) is 0. The second-order valence-corrected chi connectivity index (χ2v) is 34.6. The Labute approximate surface area is 788 Å². The van der Waals surface area contributed by atoms with Gasteiger partial charge in [-0.1, -0.05) is 425 Å². The quantitative estimate of drug-likeness (QED) is 0.109. The van der Waals surface area contributed by atoms with E-state index in [0.717, 1.165) is 111 Å². The lowest BCUT2D eigenvalue weighted by atomic mass is 9.94. The number of fused-ring (bicyclic) bond motifs is 19. The number of hydrogen-bond acceptors (Lipinski definition) is 10. The number of rotatable bonds is 12. The Bertz CT molecular complexity index is 9370. The zero-order chi connectivity index (χ0) is 90.6. The summed E-state index contributed by atoms with van der Waals surface area (Å²) in [6.45, 7) is 0. The van der Waals surface area contributed by atoms with Gasteiger partial charge in [0, 0.05) is 60.8 Å². The van der Waals surface area contributed by atoms with Crippen molar-refractivity contribution < 1.29 is 4.42 Å². The largest absolute Gasteiger partial charge is 0.456 e. The van der Waals surface area contributed by atoms with Crippen molar-refractivity contribution in [2.24, 2.45) is 0 Å². The minimum Gasteiger partial charge on any atom is -0.456 e. The SMILES string of the molecule is c1ccc(-c2nc(-c3cc(-c4ccccc4)c4c(c3)oc3ccccc34)nc(-c3ccc4ccc5c6ccccc6ccc5c4c3)n2)cc1.c1ccc(-c2nc(-c3cccc(-c4ccc5ccc6c7ccccc7ccc6c5c4)c3)nc(-c3ccc4ccccc4c3)n2)cc1.c1ccc(-c2nc(-c3ccccc3)nc(-c3cccc(-c4ccc5ccc6c7ccccc7ccc6c5c4)c3)n2)cc1. The number of hydrogen-bond donors (Lipinski definition) is 0. The fourth-order valence-electron chi connectivity index (χ4n) is 19.4. The monoisotopic (exact) mass is 1750 g/mol. The van der Waals surface area contributed by atoms with Crippen LogP contribution in [0.25, 0.3) is 266 Å². The van der Waals surface area contributed by atoms with Gasteiger partial charge < -0.3 is 4.42 Å². The first-order valence-corrected chi connectivity index (χ1v) is 46.1. The van der Waals surface area contributed by atoms with Crippen LogP contribution < -0.4 is 0 Å². The first kappa shape index (κ1) is 80.6. The van der Waals surface area contributed by atoms with Crippen molar-refractivity contribution in [2.45, 2.75) is 0 Å². The number of nitrogens with zero attached hydrogens (tertiary/aromatic N) is 9. The van der Waals surface area contributed by atoms with Crippen LogP contribution in [-0.2, 0) is 0 Å². The highest BCUT2D eigenvalue weighted by Gasteiger charge is 2.23. The van der Waals surface area contributed by atoms with Crippen LogP contribution in [0.5, 0.6) is 0 Å². The molecule has 137 heavy (non-hydrogen) atoms. The summed E-state index contributed by atoms with van der Waals surface area (Å²) < 4.78 is 6.45. The van der Waals surface area contributed by atoms with Gasteiger partial charge in [0.15, 0.2) is 52.4 Å². The molecule has 0 aliphatic heterocycles. The van der Waals surface area contributed by atoms with E-state index in [1.807, 2.05) is 140 Å². The molecule has 0 N–H and O–H groups in total. The highest BCUT2D eigenvalue weighted by Crippen LogP contribution is 2.44. The molecule has 4 heterocycles. The lowest BCUT2D eigenvalue weighted by Crippen LogP contribution is -2.00. The van der Waals surface area contributed by atoms with Gasteiger partial charge in [-0.05, 0) is 196 Å². The van der Waals surface area contributed by atoms with Crippen molar-refractivity contribution in [1.82, 2.24) is 44.9 Å². The van der Waals surface area contributed by atoms with Gasteiger partial charge in [0.25, 0.3) is 0 Å². The summed E-state index contributed by atoms with van der Waals surface area (Å²) in [5.41, 5.74) is 16.8. The molecule has 0 radical (unpaired) electrons. The fourth-order valence-corrected chi connectivity index (χ4v) is 19.4. The Morgan fingerprint density at radius 3 is 0.759 bits per heavy atom. The highest BCUT2D eigenvalue weighted by molar-refractivity contribution is 6.21. The summed E-state index contributed by atoms with van der Waals surface area (Å²) in [7, 11) is 0. The van der Waals surface area contributed by atoms with Crippen LogP contribution >= 0.6 is 0 Å². The van der Waals surface area contributed by atoms with Crippen LogP contribution in [0.1, 0.15) is 0 Å². The van der Waals surface area contributed by atoms with E-state index in [0.29, 0.717) is 52.4 Å². The third-order valence-corrected chi connectivity index (χ3v) is 26.3. The lowest BCUT2D eigenvalue weighted by molar-refractivity contribution is 0.669. The molecule has 27 aromatic rings. The minimum absolute atomic E-state index is 0.590. The third kappa shape index (κ3) is 15.4.